The second-order valence-electron chi connectivity index (χ2n) is 4.97. The van der Waals surface area contributed by atoms with Gasteiger partial charge in [0.15, 0.2) is 0 Å². The van der Waals surface area contributed by atoms with Gasteiger partial charge in [0.05, 0.1) is 12.6 Å². The first-order chi connectivity index (χ1) is 9.45. The fourth-order valence-electron chi connectivity index (χ4n) is 2.62. The number of nitrogens with zero attached hydrogens (tertiary/aromatic N) is 1. The molecular formula is C14H18Cl2N2O2. The zero-order chi connectivity index (χ0) is 14.9. The molecule has 0 aromatic heterocycles. The van der Waals surface area contributed by atoms with Gasteiger partial charge in [0, 0.05) is 23.7 Å². The zero-order valence-electron chi connectivity index (χ0n) is 11.5. The van der Waals surface area contributed by atoms with E-state index in [4.69, 9.17) is 33.7 Å². The topological polar surface area (TPSA) is 55.6 Å². The number of benzene rings is 1. The molecule has 0 spiro atoms. The lowest BCUT2D eigenvalue weighted by Gasteiger charge is -2.37. The smallest absolute Gasteiger partial charge is 0.242 e. The molecule has 2 atom stereocenters. The normalized spacial score (nSPS) is 19.6. The van der Waals surface area contributed by atoms with Gasteiger partial charge in [0.1, 0.15) is 6.04 Å². The molecule has 110 valence electrons. The van der Waals surface area contributed by atoms with Crippen LogP contribution in [0.4, 0.5) is 0 Å². The van der Waals surface area contributed by atoms with Gasteiger partial charge >= 0.3 is 0 Å². The van der Waals surface area contributed by atoms with Crippen molar-refractivity contribution < 1.29 is 9.53 Å². The Morgan fingerprint density at radius 3 is 2.90 bits per heavy atom. The SMILES string of the molecule is COCC(N)C(=O)N1CCc2c(Cl)cc(Cl)cc2C1C. The minimum atomic E-state index is -0.640. The van der Waals surface area contributed by atoms with Gasteiger partial charge in [0.25, 0.3) is 0 Å². The maximum absolute atomic E-state index is 12.3. The third kappa shape index (κ3) is 2.93. The molecule has 0 fully saturated rings. The van der Waals surface area contributed by atoms with Crippen LogP contribution in [0.2, 0.25) is 10.0 Å². The minimum Gasteiger partial charge on any atom is -0.383 e. The summed E-state index contributed by atoms with van der Waals surface area (Å²) in [6.07, 6.45) is 0.709. The number of ether oxygens (including phenoxy) is 1. The lowest BCUT2D eigenvalue weighted by atomic mass is 9.93. The number of nitrogens with two attached hydrogens (primary N) is 1. The van der Waals surface area contributed by atoms with Crippen molar-refractivity contribution in [2.75, 3.05) is 20.3 Å². The summed E-state index contributed by atoms with van der Waals surface area (Å²) in [5.74, 6) is -0.110. The van der Waals surface area contributed by atoms with Crippen molar-refractivity contribution in [3.8, 4) is 0 Å². The molecule has 1 aromatic carbocycles. The Morgan fingerprint density at radius 1 is 1.55 bits per heavy atom. The second-order valence-corrected chi connectivity index (χ2v) is 5.82. The summed E-state index contributed by atoms with van der Waals surface area (Å²) in [6.45, 7) is 2.78. The second kappa shape index (κ2) is 6.31. The molecule has 2 unspecified atom stereocenters. The van der Waals surface area contributed by atoms with Gasteiger partial charge in [-0.1, -0.05) is 23.2 Å². The number of hydrogen-bond donors (Lipinski definition) is 1. The maximum Gasteiger partial charge on any atom is 0.242 e. The number of methoxy groups -OCH3 is 1. The summed E-state index contributed by atoms with van der Waals surface area (Å²) >= 11 is 12.3. The van der Waals surface area contributed by atoms with Crippen LogP contribution < -0.4 is 5.73 Å². The van der Waals surface area contributed by atoms with Crippen molar-refractivity contribution in [2.45, 2.75) is 25.4 Å². The van der Waals surface area contributed by atoms with Gasteiger partial charge in [-0.15, -0.1) is 0 Å². The molecule has 4 nitrogen and oxygen atoms in total. The molecule has 20 heavy (non-hydrogen) atoms. The third-order valence-electron chi connectivity index (χ3n) is 3.66. The standard InChI is InChI=1S/C14H18Cl2N2O2/c1-8-11-5-9(15)6-12(16)10(11)3-4-18(8)14(19)13(17)7-20-2/h5-6,8,13H,3-4,7,17H2,1-2H3. The van der Waals surface area contributed by atoms with Crippen molar-refractivity contribution >= 4 is 29.1 Å². The number of carbonyl (C=O) groups is 1. The van der Waals surface area contributed by atoms with E-state index in [9.17, 15) is 4.79 Å². The molecule has 0 radical (unpaired) electrons. The highest BCUT2D eigenvalue weighted by Gasteiger charge is 2.31. The summed E-state index contributed by atoms with van der Waals surface area (Å²) in [5.41, 5.74) is 7.89. The van der Waals surface area contributed by atoms with Crippen LogP contribution in [-0.2, 0) is 16.0 Å². The van der Waals surface area contributed by atoms with Gasteiger partial charge in [-0.2, -0.15) is 0 Å². The third-order valence-corrected chi connectivity index (χ3v) is 4.22. The average Bonchev–Trinajstić information content (AvgIpc) is 2.39. The van der Waals surface area contributed by atoms with E-state index in [1.165, 1.54) is 7.11 Å². The van der Waals surface area contributed by atoms with Crippen molar-refractivity contribution in [3.63, 3.8) is 0 Å². The average molecular weight is 317 g/mol. The van der Waals surface area contributed by atoms with Crippen LogP contribution in [0, 0.1) is 0 Å². The Bertz CT molecular complexity index is 522. The highest BCUT2D eigenvalue weighted by molar-refractivity contribution is 6.35. The Labute approximate surface area is 128 Å². The molecule has 1 heterocycles. The Kier molecular flexibility index (Phi) is 4.91. The van der Waals surface area contributed by atoms with Crippen molar-refractivity contribution in [1.82, 2.24) is 4.90 Å². The van der Waals surface area contributed by atoms with Crippen molar-refractivity contribution in [1.29, 1.82) is 0 Å². The van der Waals surface area contributed by atoms with E-state index in [-0.39, 0.29) is 18.6 Å². The van der Waals surface area contributed by atoms with E-state index in [1.807, 2.05) is 13.0 Å². The lowest BCUT2D eigenvalue weighted by molar-refractivity contribution is -0.136. The number of fused-ring (bicyclic) bond motifs is 1. The molecule has 1 aliphatic rings. The minimum absolute atomic E-state index is 0.0923. The molecule has 1 amide bonds. The van der Waals surface area contributed by atoms with Gasteiger partial charge in [0.2, 0.25) is 5.91 Å². The fraction of sp³-hybridized carbons (Fsp3) is 0.500. The summed E-state index contributed by atoms with van der Waals surface area (Å²) in [6, 6.07) is 2.88. The van der Waals surface area contributed by atoms with Crippen LogP contribution in [0.5, 0.6) is 0 Å². The van der Waals surface area contributed by atoms with E-state index in [0.29, 0.717) is 23.0 Å². The summed E-state index contributed by atoms with van der Waals surface area (Å²) < 4.78 is 4.94. The maximum atomic E-state index is 12.3. The van der Waals surface area contributed by atoms with Crippen LogP contribution in [-0.4, -0.2) is 37.1 Å². The lowest BCUT2D eigenvalue weighted by Crippen LogP contribution is -2.49. The first kappa shape index (κ1) is 15.6. The Balaban J connectivity index is 2.27. The number of carbonyl (C=O) groups excluding carboxylic acids is 1. The van der Waals surface area contributed by atoms with Crippen LogP contribution in [0.15, 0.2) is 12.1 Å². The monoisotopic (exact) mass is 316 g/mol. The molecular weight excluding hydrogens is 299 g/mol. The predicted molar refractivity (Wildman–Crippen MR) is 80.1 cm³/mol. The first-order valence-electron chi connectivity index (χ1n) is 6.48. The van der Waals surface area contributed by atoms with E-state index in [2.05, 4.69) is 0 Å². The van der Waals surface area contributed by atoms with Gasteiger partial charge in [-0.25, -0.2) is 0 Å². The Morgan fingerprint density at radius 2 is 2.25 bits per heavy atom. The van der Waals surface area contributed by atoms with Crippen LogP contribution in [0.3, 0.4) is 0 Å². The fourth-order valence-corrected chi connectivity index (χ4v) is 3.22. The van der Waals surface area contributed by atoms with Gasteiger partial charge in [-0.3, -0.25) is 4.79 Å². The number of halogens is 2. The first-order valence-corrected chi connectivity index (χ1v) is 7.24. The van der Waals surface area contributed by atoms with Gasteiger partial charge in [-0.05, 0) is 36.6 Å². The largest absolute Gasteiger partial charge is 0.383 e. The van der Waals surface area contributed by atoms with E-state index >= 15 is 0 Å². The molecule has 6 heteroatoms. The number of rotatable bonds is 3. The van der Waals surface area contributed by atoms with E-state index in [1.54, 1.807) is 11.0 Å². The van der Waals surface area contributed by atoms with Gasteiger partial charge < -0.3 is 15.4 Å². The molecule has 2 rings (SSSR count). The Hall–Kier alpha value is -0.810. The van der Waals surface area contributed by atoms with Crippen molar-refractivity contribution in [2.24, 2.45) is 5.73 Å². The number of amides is 1. The molecule has 1 aromatic rings. The summed E-state index contributed by atoms with van der Waals surface area (Å²) in [7, 11) is 1.53. The number of hydrogen-bond acceptors (Lipinski definition) is 3. The molecule has 1 aliphatic heterocycles. The highest BCUT2D eigenvalue weighted by atomic mass is 35.5. The van der Waals surface area contributed by atoms with Crippen molar-refractivity contribution in [3.05, 3.63) is 33.3 Å². The summed E-state index contributed by atoms with van der Waals surface area (Å²) in [4.78, 5) is 14.1. The van der Waals surface area contributed by atoms with Crippen LogP contribution in [0.25, 0.3) is 0 Å². The van der Waals surface area contributed by atoms with Crippen LogP contribution in [0.1, 0.15) is 24.1 Å². The highest BCUT2D eigenvalue weighted by Crippen LogP contribution is 2.36. The zero-order valence-corrected chi connectivity index (χ0v) is 13.0. The molecule has 2 N–H and O–H groups in total. The van der Waals surface area contributed by atoms with Crippen LogP contribution >= 0.6 is 23.2 Å². The quantitative estimate of drug-likeness (QED) is 0.931. The molecule has 0 saturated heterocycles. The van der Waals surface area contributed by atoms with E-state index < -0.39 is 6.04 Å². The van der Waals surface area contributed by atoms with E-state index in [0.717, 1.165) is 11.1 Å². The molecule has 0 aliphatic carbocycles. The molecule has 0 saturated carbocycles. The predicted octanol–water partition coefficient (Wildman–Crippen LogP) is 2.41. The summed E-state index contributed by atoms with van der Waals surface area (Å²) in [5, 5.41) is 1.24. The molecule has 0 bridgehead atoms.